The van der Waals surface area contributed by atoms with E-state index in [1.165, 1.54) is 48.5 Å². The van der Waals surface area contributed by atoms with E-state index in [9.17, 15) is 0 Å². The molecule has 0 spiro atoms. The zero-order valence-electron chi connectivity index (χ0n) is 23.1. The van der Waals surface area contributed by atoms with E-state index in [0.717, 1.165) is 32.4 Å². The fraction of sp³-hybridized carbons (Fsp3) is 0.0513. The molecule has 0 atom stereocenters. The number of fused-ring (bicyclic) bond motifs is 6. The lowest BCUT2D eigenvalue weighted by atomic mass is 9.99. The molecule has 41 heavy (non-hydrogen) atoms. The lowest BCUT2D eigenvalue weighted by molar-refractivity contribution is -0.660. The van der Waals surface area contributed by atoms with Crippen LogP contribution in [0.25, 0.3) is 33.4 Å². The maximum atomic E-state index is 6.84. The Balaban J connectivity index is 1.51. The predicted octanol–water partition coefficient (Wildman–Crippen LogP) is 8.36. The average molecular weight is 527 g/mol. The van der Waals surface area contributed by atoms with Crippen LogP contribution in [0.3, 0.4) is 0 Å². The van der Waals surface area contributed by atoms with Gasteiger partial charge in [0.2, 0.25) is 5.69 Å². The topological polar surface area (TPSA) is 17.0 Å². The van der Waals surface area contributed by atoms with Crippen LogP contribution in [0, 0.1) is 48.9 Å². The number of hydrogen-bond donors (Lipinski definition) is 0. The Morgan fingerprint density at radius 1 is 0.537 bits per heavy atom. The summed E-state index contributed by atoms with van der Waals surface area (Å²) in [6, 6.07) is 45.7. The van der Waals surface area contributed by atoms with Crippen LogP contribution in [0.4, 0.5) is 0 Å². The van der Waals surface area contributed by atoms with Gasteiger partial charge in [0.1, 0.15) is 18.0 Å². The average Bonchev–Trinajstić information content (AvgIpc) is 3.39. The van der Waals surface area contributed by atoms with Gasteiger partial charge in [0.05, 0.1) is 0 Å². The smallest absolute Gasteiger partial charge is 0.213 e. The van der Waals surface area contributed by atoms with Crippen LogP contribution in [0.15, 0.2) is 138 Å². The second kappa shape index (κ2) is 9.18. The van der Waals surface area contributed by atoms with E-state index in [-0.39, 0.29) is 0 Å². The van der Waals surface area contributed by atoms with E-state index in [4.69, 9.17) is 4.42 Å². The molecule has 0 unspecified atom stereocenters. The van der Waals surface area contributed by atoms with Crippen molar-refractivity contribution in [3.8, 4) is 22.4 Å². The summed E-state index contributed by atoms with van der Waals surface area (Å²) in [6.45, 7) is 2.17. The molecule has 7 aromatic rings. The van der Waals surface area contributed by atoms with Gasteiger partial charge in [0.15, 0.2) is 6.20 Å². The molecule has 5 aromatic carbocycles. The molecule has 0 N–H and O–H groups in total. The van der Waals surface area contributed by atoms with E-state index < -0.39 is 0 Å². The fourth-order valence-electron chi connectivity index (χ4n) is 6.42. The summed E-state index contributed by atoms with van der Waals surface area (Å²) in [5, 5.41) is 9.49. The van der Waals surface area contributed by atoms with Gasteiger partial charge >= 0.3 is 0 Å². The zero-order valence-corrected chi connectivity index (χ0v) is 23.1. The molecule has 0 radical (unpaired) electrons. The predicted molar refractivity (Wildman–Crippen MR) is 163 cm³/mol. The molecule has 1 aliphatic carbocycles. The number of rotatable bonds is 2. The second-order valence-electron chi connectivity index (χ2n) is 10.9. The fourth-order valence-corrected chi connectivity index (χ4v) is 6.42. The normalized spacial score (nSPS) is 11.7. The summed E-state index contributed by atoms with van der Waals surface area (Å²) in [5.41, 5.74) is 7.82. The van der Waals surface area contributed by atoms with Crippen LogP contribution in [0.1, 0.15) is 5.56 Å². The van der Waals surface area contributed by atoms with Crippen molar-refractivity contribution in [1.82, 2.24) is 0 Å². The number of pyridine rings is 1. The van der Waals surface area contributed by atoms with Crippen LogP contribution in [0.5, 0.6) is 0 Å². The summed E-state index contributed by atoms with van der Waals surface area (Å²) in [5.74, 6) is 0. The zero-order chi connectivity index (χ0) is 27.5. The summed E-state index contributed by atoms with van der Waals surface area (Å²) in [7, 11) is 2.11. The summed E-state index contributed by atoms with van der Waals surface area (Å²) < 4.78 is 9.03. The largest absolute Gasteiger partial charge is 0.455 e. The molecule has 2 aromatic heterocycles. The van der Waals surface area contributed by atoms with Gasteiger partial charge in [0, 0.05) is 33.5 Å². The number of nitrogens with zero attached hydrogens (tertiary/aromatic N) is 1. The third-order valence-electron chi connectivity index (χ3n) is 8.47. The highest BCUT2D eigenvalue weighted by Crippen LogP contribution is 2.30. The van der Waals surface area contributed by atoms with Crippen molar-refractivity contribution in [2.75, 3.05) is 0 Å². The van der Waals surface area contributed by atoms with Crippen LogP contribution < -0.4 is 4.57 Å². The molecule has 0 saturated carbocycles. The Hall–Kier alpha value is -5.21. The van der Waals surface area contributed by atoms with E-state index in [0.29, 0.717) is 0 Å². The molecule has 0 bridgehead atoms. The number of hydrogen-bond acceptors (Lipinski definition) is 1. The first kappa shape index (κ1) is 23.7. The van der Waals surface area contributed by atoms with Gasteiger partial charge in [-0.1, -0.05) is 97.1 Å². The van der Waals surface area contributed by atoms with Gasteiger partial charge < -0.3 is 4.42 Å². The summed E-state index contributed by atoms with van der Waals surface area (Å²) >= 11 is 0. The number of aromatic nitrogens is 1. The molecule has 0 fully saturated rings. The number of furan rings is 1. The molecule has 0 saturated heterocycles. The third kappa shape index (κ3) is 3.68. The number of aryl methyl sites for hydroxylation is 2. The Morgan fingerprint density at radius 3 is 1.80 bits per heavy atom. The molecule has 0 amide bonds. The van der Waals surface area contributed by atoms with Crippen molar-refractivity contribution in [2.45, 2.75) is 6.92 Å². The minimum Gasteiger partial charge on any atom is -0.455 e. The first-order valence-corrected chi connectivity index (χ1v) is 14.1. The Labute approximate surface area is 237 Å². The Kier molecular flexibility index (Phi) is 5.30. The Bertz CT molecular complexity index is 2560. The first-order valence-electron chi connectivity index (χ1n) is 14.1. The lowest BCUT2D eigenvalue weighted by Crippen LogP contribution is -2.30. The minimum absolute atomic E-state index is 0.897. The first-order chi connectivity index (χ1) is 20.2. The quantitative estimate of drug-likeness (QED) is 0.207. The maximum absolute atomic E-state index is 6.84. The molecule has 194 valence electrons. The van der Waals surface area contributed by atoms with Crippen molar-refractivity contribution < 1.29 is 8.98 Å². The van der Waals surface area contributed by atoms with Crippen LogP contribution in [-0.4, -0.2) is 0 Å². The van der Waals surface area contributed by atoms with Gasteiger partial charge in [-0.15, -0.1) is 0 Å². The third-order valence-corrected chi connectivity index (χ3v) is 8.47. The van der Waals surface area contributed by atoms with E-state index in [1.807, 2.05) is 0 Å². The van der Waals surface area contributed by atoms with Crippen molar-refractivity contribution in [3.05, 3.63) is 181 Å². The maximum Gasteiger partial charge on any atom is 0.213 e. The van der Waals surface area contributed by atoms with Crippen LogP contribution in [-0.2, 0) is 7.05 Å². The van der Waals surface area contributed by atoms with Gasteiger partial charge in [0.25, 0.3) is 0 Å². The van der Waals surface area contributed by atoms with Crippen molar-refractivity contribution in [2.24, 2.45) is 7.05 Å². The molecule has 2 heteroatoms. The van der Waals surface area contributed by atoms with Crippen molar-refractivity contribution in [3.63, 3.8) is 0 Å². The lowest BCUT2D eigenvalue weighted by Gasteiger charge is -2.07. The molecular weight excluding hydrogens is 498 g/mol. The van der Waals surface area contributed by atoms with Crippen molar-refractivity contribution in [1.29, 1.82) is 0 Å². The molecular formula is C39H28NO+. The van der Waals surface area contributed by atoms with Crippen LogP contribution in [0.2, 0.25) is 0 Å². The number of benzene rings is 5. The molecule has 1 aliphatic rings. The molecule has 2 heterocycles. The van der Waals surface area contributed by atoms with Crippen molar-refractivity contribution >= 4 is 11.0 Å². The SMILES string of the molecule is Cc1ccccc1-c1cc(-c2ccc3c4c(oc3c2)=c2ccccc2=c2ccccc2=c2ccccc2=4)cc[n+]1C. The van der Waals surface area contributed by atoms with E-state index >= 15 is 0 Å². The van der Waals surface area contributed by atoms with E-state index in [2.05, 4.69) is 152 Å². The summed E-state index contributed by atoms with van der Waals surface area (Å²) in [4.78, 5) is 0. The van der Waals surface area contributed by atoms with E-state index in [1.54, 1.807) is 0 Å². The Morgan fingerprint density at radius 2 is 1.10 bits per heavy atom. The highest BCUT2D eigenvalue weighted by molar-refractivity contribution is 5.84. The van der Waals surface area contributed by atoms with Gasteiger partial charge in [-0.05, 0) is 67.9 Å². The molecule has 2 nitrogen and oxygen atoms in total. The van der Waals surface area contributed by atoms with Gasteiger partial charge in [-0.3, -0.25) is 0 Å². The molecule has 8 rings (SSSR count). The molecule has 0 aliphatic heterocycles. The second-order valence-corrected chi connectivity index (χ2v) is 10.9. The van der Waals surface area contributed by atoms with Crippen LogP contribution >= 0.6 is 0 Å². The highest BCUT2D eigenvalue weighted by Gasteiger charge is 2.15. The van der Waals surface area contributed by atoms with Gasteiger partial charge in [-0.25, -0.2) is 4.57 Å². The summed E-state index contributed by atoms with van der Waals surface area (Å²) in [6.07, 6.45) is 2.15. The minimum atomic E-state index is 0.897. The van der Waals surface area contributed by atoms with Gasteiger partial charge in [-0.2, -0.15) is 0 Å². The highest BCUT2D eigenvalue weighted by atomic mass is 16.3. The monoisotopic (exact) mass is 526 g/mol. The standard InChI is InChI=1S/C39H28NO/c1-25-11-3-4-12-28(25)36-23-27(21-22-40(36)2)26-19-20-35-37(24-26)41-39-34-18-10-8-16-32(34)30-14-6-5-13-29(30)31-15-7-9-17-33(31)38(35)39/h3-24H,1-2H3/q+1.